The summed E-state index contributed by atoms with van der Waals surface area (Å²) in [6, 6.07) is 42.4. The summed E-state index contributed by atoms with van der Waals surface area (Å²) in [5, 5.41) is 14.2. The number of benzene rings is 7. The molecule has 0 N–H and O–H groups in total. The standard InChI is InChI=1S/C17H28O3.C14H19N.C14H22O2.C13H17NS.C12H18.C11H16.C10H14.C6H10N2S/c1-5-15-13-17(16(6-2)12-14(15)4)20-11-10-19-9-8-18-7-3;1-4-11-7-13-9-15(6-3)10-14(13)8-12(11)5-2;1-4-12-7-8-13(5-2)14(11-12)16-10-9-15-6-3;1-4-9-7-11-12(8-10(9)5-2)15-13(6-3)14-11;1-4-10-7-8-11(5-2)12(6-3)9-10;1-4-10-6-7-11(5-2)9(3)8-10;1-3-9-7-5-6-8-10(9)4-2;1-3-5-7-8-6(4-2)9-5/h12-13H,5-11H2,1-4H3;7-10H,4-6H2,1-3H3;7-8,11H,4-6,9-10H2,1-3H3;7-8H,4-6H2,1-3H3;7-9H,4-6H2,1-3H3;6-8H,4-5H2,1-3H3;5-8H,3-4H2,1-2H3;3-4H2,1-2H3. The number of hydrogen-bond acceptors (Lipinski definition) is 10. The molecular formula is C97H144N4O5S2. The SMILES string of the molecule is CCOCCOCCOc1cc(CC)c(C)cc1CC.CCOCCOc1cc(CC)ccc1CC.CCc1cc2cn(CC)cc2cc1CC.CCc1ccc(CC)c(C)c1.CCc1ccc(CC)c(CC)c1.CCc1ccccc1CC.CCc1nc2cc(CC)c(CC)cc2s1.CCc1nnc(CC)s1. The van der Waals surface area contributed by atoms with Gasteiger partial charge in [-0.05, 0) is 292 Å². The van der Waals surface area contributed by atoms with Crippen molar-refractivity contribution in [3.63, 3.8) is 0 Å². The van der Waals surface area contributed by atoms with Crippen molar-refractivity contribution in [3.8, 4) is 11.5 Å². The number of rotatable bonds is 32. The van der Waals surface area contributed by atoms with Gasteiger partial charge >= 0.3 is 0 Å². The van der Waals surface area contributed by atoms with Gasteiger partial charge in [-0.15, -0.1) is 32.9 Å². The summed E-state index contributed by atoms with van der Waals surface area (Å²) in [5.41, 5.74) is 25.5. The van der Waals surface area contributed by atoms with Crippen LogP contribution in [0.2, 0.25) is 0 Å². The van der Waals surface area contributed by atoms with Gasteiger partial charge in [-0.2, -0.15) is 0 Å². The van der Waals surface area contributed by atoms with Gasteiger partial charge in [0.1, 0.15) is 34.7 Å². The molecule has 9 nitrogen and oxygen atoms in total. The van der Waals surface area contributed by atoms with Crippen LogP contribution in [0.5, 0.6) is 11.5 Å². The molecule has 0 radical (unpaired) electrons. The van der Waals surface area contributed by atoms with E-state index in [-0.39, 0.29) is 0 Å². The zero-order valence-corrected chi connectivity index (χ0v) is 73.5. The second kappa shape index (κ2) is 56.3. The molecule has 0 amide bonds. The molecule has 0 unspecified atom stereocenters. The Balaban J connectivity index is 0.000000324. The molecule has 3 heterocycles. The van der Waals surface area contributed by atoms with E-state index in [9.17, 15) is 0 Å². The van der Waals surface area contributed by atoms with Crippen molar-refractivity contribution in [1.29, 1.82) is 0 Å². The minimum absolute atomic E-state index is 0.589. The Kier molecular flexibility index (Phi) is 49.6. The lowest BCUT2D eigenvalue weighted by Crippen LogP contribution is -2.11. The van der Waals surface area contributed by atoms with Crippen LogP contribution in [0.1, 0.15) is 255 Å². The smallest absolute Gasteiger partial charge is 0.122 e. The van der Waals surface area contributed by atoms with Gasteiger partial charge in [-0.3, -0.25) is 0 Å². The average Bonchev–Trinajstić information content (AvgIpc) is 1.66. The van der Waals surface area contributed by atoms with Crippen LogP contribution in [0, 0.1) is 13.8 Å². The number of hydrogen-bond donors (Lipinski definition) is 0. The van der Waals surface area contributed by atoms with Gasteiger partial charge in [-0.1, -0.05) is 203 Å². The number of ether oxygens (including phenoxy) is 5. The molecule has 11 heteroatoms. The van der Waals surface area contributed by atoms with E-state index in [0.717, 1.165) is 157 Å². The van der Waals surface area contributed by atoms with E-state index in [2.05, 4.69) is 293 Å². The summed E-state index contributed by atoms with van der Waals surface area (Å²) in [4.78, 5) is 4.63. The van der Waals surface area contributed by atoms with E-state index in [1.165, 1.54) is 121 Å². The minimum atomic E-state index is 0.589. The number of aryl methyl sites for hydroxylation is 21. The first-order valence-electron chi connectivity index (χ1n) is 41.8. The van der Waals surface area contributed by atoms with Crippen molar-refractivity contribution in [2.75, 3.05) is 52.9 Å². The molecule has 0 saturated carbocycles. The van der Waals surface area contributed by atoms with E-state index in [1.807, 2.05) is 25.2 Å². The van der Waals surface area contributed by atoms with Gasteiger partial charge in [0.05, 0.1) is 41.7 Å². The maximum absolute atomic E-state index is 5.87. The zero-order valence-electron chi connectivity index (χ0n) is 71.9. The molecule has 0 bridgehead atoms. The van der Waals surface area contributed by atoms with Crippen LogP contribution in [0.3, 0.4) is 0 Å². The number of nitrogens with zero attached hydrogens (tertiary/aromatic N) is 4. The Morgan fingerprint density at radius 1 is 0.296 bits per heavy atom. The Morgan fingerprint density at radius 3 is 1.13 bits per heavy atom. The fraction of sp³-hybridized carbons (Fsp3) is 0.515. The third kappa shape index (κ3) is 33.3. The van der Waals surface area contributed by atoms with E-state index >= 15 is 0 Å². The Labute approximate surface area is 665 Å². The molecule has 7 aromatic carbocycles. The largest absolute Gasteiger partial charge is 0.491 e. The summed E-state index contributed by atoms with van der Waals surface area (Å²) < 4.78 is 31.1. The molecule has 0 fully saturated rings. The molecular weight excluding hydrogens is 1370 g/mol. The van der Waals surface area contributed by atoms with Gasteiger partial charge in [0.15, 0.2) is 0 Å². The van der Waals surface area contributed by atoms with Crippen LogP contribution in [0.15, 0.2) is 128 Å². The fourth-order valence-electron chi connectivity index (χ4n) is 12.6. The second-order valence-corrected chi connectivity index (χ2v) is 28.9. The first-order valence-corrected chi connectivity index (χ1v) is 43.4. The second-order valence-electron chi connectivity index (χ2n) is 26.7. The van der Waals surface area contributed by atoms with Crippen molar-refractivity contribution < 1.29 is 23.7 Å². The third-order valence-corrected chi connectivity index (χ3v) is 21.9. The zero-order chi connectivity index (χ0) is 79.6. The normalized spacial score (nSPS) is 10.5. The summed E-state index contributed by atoms with van der Waals surface area (Å²) in [7, 11) is 0. The number of aromatic nitrogens is 4. The lowest BCUT2D eigenvalue weighted by atomic mass is 9.99. The van der Waals surface area contributed by atoms with Gasteiger partial charge in [0.25, 0.3) is 0 Å². The molecule has 594 valence electrons. The quantitative estimate of drug-likeness (QED) is 0.0385. The van der Waals surface area contributed by atoms with Crippen molar-refractivity contribution >= 4 is 43.7 Å². The highest BCUT2D eigenvalue weighted by atomic mass is 32.1. The van der Waals surface area contributed by atoms with Crippen molar-refractivity contribution in [1.82, 2.24) is 19.7 Å². The molecule has 3 aromatic heterocycles. The van der Waals surface area contributed by atoms with Gasteiger partial charge in [0, 0.05) is 32.2 Å². The monoisotopic (exact) mass is 1510 g/mol. The van der Waals surface area contributed by atoms with Gasteiger partial charge in [-0.25, -0.2) is 4.98 Å². The fourth-order valence-corrected chi connectivity index (χ4v) is 14.3. The van der Waals surface area contributed by atoms with Crippen molar-refractivity contribution in [2.24, 2.45) is 0 Å². The lowest BCUT2D eigenvalue weighted by molar-refractivity contribution is 0.0403. The van der Waals surface area contributed by atoms with Crippen LogP contribution in [-0.2, 0) is 136 Å². The maximum Gasteiger partial charge on any atom is 0.122 e. The average molecular weight is 1510 g/mol. The van der Waals surface area contributed by atoms with Gasteiger partial charge in [0.2, 0.25) is 0 Å². The summed E-state index contributed by atoms with van der Waals surface area (Å²) in [5.74, 6) is 2.02. The number of fused-ring (bicyclic) bond motifs is 2. The highest BCUT2D eigenvalue weighted by molar-refractivity contribution is 7.18. The van der Waals surface area contributed by atoms with E-state index in [1.54, 1.807) is 11.3 Å². The summed E-state index contributed by atoms with van der Waals surface area (Å²) in [6.45, 7) is 56.2. The molecule has 0 aliphatic carbocycles. The Hall–Kier alpha value is -6.99. The molecule has 0 saturated heterocycles. The number of thiazole rings is 1. The van der Waals surface area contributed by atoms with Crippen molar-refractivity contribution in [2.45, 2.75) is 281 Å². The molecule has 0 atom stereocenters. The first-order chi connectivity index (χ1) is 52.4. The highest BCUT2D eigenvalue weighted by Crippen LogP contribution is 2.29. The summed E-state index contributed by atoms with van der Waals surface area (Å²) >= 11 is 3.55. The molecule has 0 spiro atoms. The maximum atomic E-state index is 5.87. The predicted octanol–water partition coefficient (Wildman–Crippen LogP) is 25.5. The van der Waals surface area contributed by atoms with E-state index in [0.29, 0.717) is 39.6 Å². The highest BCUT2D eigenvalue weighted by Gasteiger charge is 2.11. The van der Waals surface area contributed by atoms with Gasteiger partial charge < -0.3 is 28.3 Å². The molecule has 108 heavy (non-hydrogen) atoms. The van der Waals surface area contributed by atoms with Crippen molar-refractivity contribution in [3.05, 3.63) is 237 Å². The van der Waals surface area contributed by atoms with E-state index < -0.39 is 0 Å². The Morgan fingerprint density at radius 2 is 0.685 bits per heavy atom. The van der Waals surface area contributed by atoms with Crippen LogP contribution in [0.4, 0.5) is 0 Å². The Bertz CT molecular complexity index is 3830. The van der Waals surface area contributed by atoms with E-state index in [4.69, 9.17) is 23.7 Å². The first kappa shape index (κ1) is 95.2. The third-order valence-electron chi connectivity index (χ3n) is 19.5. The van der Waals surface area contributed by atoms with Crippen LogP contribution in [0.25, 0.3) is 21.0 Å². The minimum Gasteiger partial charge on any atom is -0.491 e. The molecule has 0 aliphatic heterocycles. The van der Waals surface area contributed by atoms with Crippen LogP contribution < -0.4 is 9.47 Å². The summed E-state index contributed by atoms with van der Waals surface area (Å²) in [6.07, 6.45) is 24.2. The van der Waals surface area contributed by atoms with Crippen LogP contribution >= 0.6 is 22.7 Å². The molecule has 10 aromatic rings. The predicted molar refractivity (Wildman–Crippen MR) is 472 cm³/mol. The lowest BCUT2D eigenvalue weighted by Gasteiger charge is -2.14. The molecule has 0 aliphatic rings. The van der Waals surface area contributed by atoms with Crippen LogP contribution in [-0.4, -0.2) is 72.6 Å². The topological polar surface area (TPSA) is 89.8 Å². The molecule has 10 rings (SSSR count).